The average molecular weight is 688 g/mol. The van der Waals surface area contributed by atoms with Gasteiger partial charge in [0.1, 0.15) is 0 Å². The summed E-state index contributed by atoms with van der Waals surface area (Å²) in [6.07, 6.45) is 2.52. The zero-order valence-electron chi connectivity index (χ0n) is 28.8. The van der Waals surface area contributed by atoms with Crippen LogP contribution < -0.4 is 10.4 Å². The summed E-state index contributed by atoms with van der Waals surface area (Å²) >= 11 is 0. The fourth-order valence-corrected chi connectivity index (χ4v) is 9.79. The van der Waals surface area contributed by atoms with Gasteiger partial charge in [-0.15, -0.1) is 0 Å². The maximum absolute atomic E-state index is 11.4. The van der Waals surface area contributed by atoms with E-state index < -0.39 is 8.32 Å². The molecule has 11 nitrogen and oxygen atoms in total. The summed E-state index contributed by atoms with van der Waals surface area (Å²) in [5, 5.41) is 2.46. The molecule has 0 saturated heterocycles. The van der Waals surface area contributed by atoms with Crippen LogP contribution in [0.3, 0.4) is 0 Å². The minimum absolute atomic E-state index is 0.0616. The molecule has 0 bridgehead atoms. The first-order valence-corrected chi connectivity index (χ1v) is 18.6. The number of imide groups is 1. The van der Waals surface area contributed by atoms with Crippen molar-refractivity contribution in [1.29, 1.82) is 0 Å². The molecule has 2 aromatic rings. The van der Waals surface area contributed by atoms with Crippen LogP contribution in [-0.4, -0.2) is 131 Å². The van der Waals surface area contributed by atoms with Crippen molar-refractivity contribution in [3.8, 4) is 0 Å². The Labute approximate surface area is 286 Å². The first-order valence-electron chi connectivity index (χ1n) is 16.7. The molecule has 2 amide bonds. The largest absolute Gasteiger partial charge is 0.405 e. The summed E-state index contributed by atoms with van der Waals surface area (Å²) in [5.74, 6) is -0.608. The number of nitrogens with zero attached hydrogens (tertiary/aromatic N) is 1. The van der Waals surface area contributed by atoms with Crippen LogP contribution in [-0.2, 0) is 47.2 Å². The Kier molecular flexibility index (Phi) is 18.8. The van der Waals surface area contributed by atoms with Crippen molar-refractivity contribution in [2.24, 2.45) is 0 Å². The Morgan fingerprint density at radius 1 is 0.479 bits per heavy atom. The number of hydrogen-bond donors (Lipinski definition) is 0. The summed E-state index contributed by atoms with van der Waals surface area (Å²) in [6, 6.07) is 21.2. The van der Waals surface area contributed by atoms with Crippen LogP contribution in [0.1, 0.15) is 20.8 Å². The van der Waals surface area contributed by atoms with E-state index in [0.29, 0.717) is 92.5 Å². The Bertz CT molecular complexity index is 1130. The Hall–Kier alpha value is -2.78. The third-order valence-corrected chi connectivity index (χ3v) is 12.6. The van der Waals surface area contributed by atoms with Crippen LogP contribution in [0.2, 0.25) is 5.04 Å². The van der Waals surface area contributed by atoms with E-state index in [9.17, 15) is 9.59 Å². The molecule has 0 spiro atoms. The van der Waals surface area contributed by atoms with E-state index in [1.165, 1.54) is 22.5 Å². The van der Waals surface area contributed by atoms with Gasteiger partial charge in [0.25, 0.3) is 20.1 Å². The van der Waals surface area contributed by atoms with Crippen molar-refractivity contribution >= 4 is 30.5 Å². The molecule has 266 valence electrons. The van der Waals surface area contributed by atoms with Crippen LogP contribution >= 0.6 is 0 Å². The lowest BCUT2D eigenvalue weighted by Crippen LogP contribution is -2.66. The molecule has 2 aromatic carbocycles. The molecule has 12 heteroatoms. The van der Waals surface area contributed by atoms with Crippen LogP contribution in [0.15, 0.2) is 72.8 Å². The second-order valence-electron chi connectivity index (χ2n) is 12.0. The molecule has 1 heterocycles. The lowest BCUT2D eigenvalue weighted by Gasteiger charge is -2.43. The third kappa shape index (κ3) is 13.6. The highest BCUT2D eigenvalue weighted by Crippen LogP contribution is 2.36. The highest BCUT2D eigenvalue weighted by atomic mass is 28.4. The summed E-state index contributed by atoms with van der Waals surface area (Å²) in [4.78, 5) is 24.0. The highest BCUT2D eigenvalue weighted by Gasteiger charge is 2.50. The molecule has 0 unspecified atom stereocenters. The number of benzene rings is 2. The lowest BCUT2D eigenvalue weighted by molar-refractivity contribution is -0.137. The van der Waals surface area contributed by atoms with Crippen molar-refractivity contribution in [2.75, 3.05) is 106 Å². The Balaban J connectivity index is 1.09. The van der Waals surface area contributed by atoms with Gasteiger partial charge in [-0.25, -0.2) is 0 Å². The number of hydrogen-bond acceptors (Lipinski definition) is 10. The fraction of sp³-hybridized carbons (Fsp3) is 0.556. The Morgan fingerprint density at radius 3 is 1.12 bits per heavy atom. The molecule has 1 aliphatic rings. The van der Waals surface area contributed by atoms with Crippen LogP contribution in [0.5, 0.6) is 0 Å². The van der Waals surface area contributed by atoms with Gasteiger partial charge in [0, 0.05) is 12.2 Å². The number of rotatable bonds is 27. The van der Waals surface area contributed by atoms with Crippen molar-refractivity contribution in [3.63, 3.8) is 0 Å². The minimum Gasteiger partial charge on any atom is -0.405 e. The quantitative estimate of drug-likeness (QED) is 0.0790. The van der Waals surface area contributed by atoms with Gasteiger partial charge in [0.15, 0.2) is 0 Å². The topological polar surface area (TPSA) is 111 Å². The molecular formula is C36H53NO10Si. The molecule has 0 atom stereocenters. The predicted molar refractivity (Wildman–Crippen MR) is 185 cm³/mol. The number of carbonyl (C=O) groups is 2. The molecule has 48 heavy (non-hydrogen) atoms. The highest BCUT2D eigenvalue weighted by molar-refractivity contribution is 6.99. The third-order valence-electron chi connectivity index (χ3n) is 7.55. The Morgan fingerprint density at radius 2 is 0.792 bits per heavy atom. The molecule has 0 radical (unpaired) electrons. The first kappa shape index (κ1) is 39.7. The van der Waals surface area contributed by atoms with Crippen molar-refractivity contribution < 1.29 is 47.2 Å². The number of ether oxygens (including phenoxy) is 7. The second kappa shape index (κ2) is 22.8. The van der Waals surface area contributed by atoms with E-state index in [1.807, 2.05) is 12.1 Å². The van der Waals surface area contributed by atoms with Gasteiger partial charge in [-0.1, -0.05) is 81.4 Å². The van der Waals surface area contributed by atoms with Crippen LogP contribution in [0.4, 0.5) is 0 Å². The van der Waals surface area contributed by atoms with E-state index in [0.717, 1.165) is 4.90 Å². The molecular weight excluding hydrogens is 634 g/mol. The molecule has 0 fully saturated rings. The second-order valence-corrected chi connectivity index (χ2v) is 16.3. The molecule has 0 aliphatic carbocycles. The van der Waals surface area contributed by atoms with E-state index in [-0.39, 0.29) is 30.0 Å². The summed E-state index contributed by atoms with van der Waals surface area (Å²) in [7, 11) is -2.54. The number of amides is 2. The molecule has 0 N–H and O–H groups in total. The van der Waals surface area contributed by atoms with Crippen LogP contribution in [0.25, 0.3) is 0 Å². The first-order chi connectivity index (χ1) is 23.4. The van der Waals surface area contributed by atoms with Gasteiger partial charge in [-0.2, -0.15) is 0 Å². The summed E-state index contributed by atoms with van der Waals surface area (Å²) in [6.45, 7) is 13.9. The van der Waals surface area contributed by atoms with Gasteiger partial charge < -0.3 is 37.6 Å². The standard InChI is InChI=1S/C36H53NO10Si/c1-36(2,3)48(32-10-6-4-7-11-32,33-12-8-5-9-13-33)47-31-30-46-29-28-45-27-26-44-25-24-43-23-22-42-21-20-41-19-18-40-17-16-37-34(38)14-15-35(37)39/h4-15H,16-31H2,1-3H3. The number of carbonyl (C=O) groups excluding carboxylic acids is 2. The van der Waals surface area contributed by atoms with E-state index in [4.69, 9.17) is 37.6 Å². The summed E-state index contributed by atoms with van der Waals surface area (Å²) < 4.78 is 45.6. The van der Waals surface area contributed by atoms with Crippen molar-refractivity contribution in [2.45, 2.75) is 25.8 Å². The van der Waals surface area contributed by atoms with Gasteiger partial charge in [0.05, 0.1) is 106 Å². The van der Waals surface area contributed by atoms with Crippen molar-refractivity contribution in [3.05, 3.63) is 72.8 Å². The van der Waals surface area contributed by atoms with Crippen molar-refractivity contribution in [1.82, 2.24) is 4.90 Å². The maximum atomic E-state index is 11.4. The SMILES string of the molecule is CC(C)(C)[Si](OCCOCCOCCOCCOCCOCCOCCOCCN1C(=O)C=CC1=O)(c1ccccc1)c1ccccc1. The average Bonchev–Trinajstić information content (AvgIpc) is 3.41. The zero-order chi connectivity index (χ0) is 34.3. The fourth-order valence-electron chi connectivity index (χ4n) is 5.24. The molecule has 1 aliphatic heterocycles. The molecule has 0 aromatic heterocycles. The smallest absolute Gasteiger partial charge is 0.261 e. The summed E-state index contributed by atoms with van der Waals surface area (Å²) in [5.41, 5.74) is 0. The van der Waals surface area contributed by atoms with Crippen LogP contribution in [0, 0.1) is 0 Å². The zero-order valence-corrected chi connectivity index (χ0v) is 29.8. The lowest BCUT2D eigenvalue weighted by atomic mass is 10.2. The van der Waals surface area contributed by atoms with Gasteiger partial charge in [-0.05, 0) is 15.4 Å². The molecule has 0 saturated carbocycles. The van der Waals surface area contributed by atoms with E-state index in [1.54, 1.807) is 0 Å². The van der Waals surface area contributed by atoms with Gasteiger partial charge in [-0.3, -0.25) is 14.5 Å². The molecule has 3 rings (SSSR count). The van der Waals surface area contributed by atoms with Gasteiger partial charge >= 0.3 is 0 Å². The van der Waals surface area contributed by atoms with E-state index in [2.05, 4.69) is 69.3 Å². The van der Waals surface area contributed by atoms with E-state index >= 15 is 0 Å². The monoisotopic (exact) mass is 687 g/mol. The van der Waals surface area contributed by atoms with Gasteiger partial charge in [0.2, 0.25) is 0 Å². The minimum atomic E-state index is -2.54. The maximum Gasteiger partial charge on any atom is 0.261 e. The predicted octanol–water partition coefficient (Wildman–Crippen LogP) is 2.60. The normalized spacial score (nSPS) is 13.6.